The van der Waals surface area contributed by atoms with Gasteiger partial charge in [0.25, 0.3) is 0 Å². The van der Waals surface area contributed by atoms with Crippen molar-refractivity contribution in [3.63, 3.8) is 0 Å². The van der Waals surface area contributed by atoms with Crippen molar-refractivity contribution in [2.45, 2.75) is 58.8 Å². The zero-order valence-corrected chi connectivity index (χ0v) is 21.5. The number of hydrogen-bond donors (Lipinski definition) is 2. The molecule has 2 aliphatic rings. The number of rotatable bonds is 8. The molecule has 10 nitrogen and oxygen atoms in total. The van der Waals surface area contributed by atoms with Crippen LogP contribution in [0.2, 0.25) is 0 Å². The van der Waals surface area contributed by atoms with E-state index < -0.39 is 61.3 Å². The van der Waals surface area contributed by atoms with Gasteiger partial charge in [0.1, 0.15) is 24.9 Å². The molecule has 0 spiro atoms. The van der Waals surface area contributed by atoms with Crippen molar-refractivity contribution >= 4 is 23.9 Å². The lowest BCUT2D eigenvalue weighted by Crippen LogP contribution is -2.35. The van der Waals surface area contributed by atoms with E-state index in [0.717, 1.165) is 5.57 Å². The lowest BCUT2D eigenvalue weighted by molar-refractivity contribution is -0.149. The zero-order valence-electron chi connectivity index (χ0n) is 21.5. The molecular formula is C27H34O10. The van der Waals surface area contributed by atoms with Gasteiger partial charge in [-0.05, 0) is 44.6 Å². The predicted molar refractivity (Wildman–Crippen MR) is 132 cm³/mol. The van der Waals surface area contributed by atoms with Crippen LogP contribution in [0, 0.1) is 5.92 Å². The topological polar surface area (TPSA) is 146 Å². The maximum absolute atomic E-state index is 13.1. The summed E-state index contributed by atoms with van der Waals surface area (Å²) >= 11 is 0. The summed E-state index contributed by atoms with van der Waals surface area (Å²) in [6, 6.07) is 0. The standard InChI is InChI=1S/C27H34O10/c1-15-6-7-21(35-19(5)30)17(3)13-23-24(18(4)26(32)36-23)22(12-15)37-27(33)20(9-11-29)14-34-25(31)16(2)8-10-28/h6,8-9,13,21-24,28-29H,4,7,10-12,14H2,1-3,5H3. The normalized spacial score (nSPS) is 24.8. The molecule has 2 rings (SSSR count). The van der Waals surface area contributed by atoms with Crippen molar-refractivity contribution in [1.82, 2.24) is 0 Å². The van der Waals surface area contributed by atoms with Gasteiger partial charge in [-0.2, -0.15) is 0 Å². The first-order valence-corrected chi connectivity index (χ1v) is 11.8. The number of ether oxygens (including phenoxy) is 4. The smallest absolute Gasteiger partial charge is 0.337 e. The first-order valence-electron chi connectivity index (χ1n) is 11.8. The van der Waals surface area contributed by atoms with Crippen molar-refractivity contribution < 1.29 is 48.3 Å². The molecule has 1 heterocycles. The van der Waals surface area contributed by atoms with Gasteiger partial charge in [0.05, 0.1) is 24.7 Å². The Hall–Kier alpha value is -3.50. The van der Waals surface area contributed by atoms with Crippen LogP contribution in [0.5, 0.6) is 0 Å². The van der Waals surface area contributed by atoms with Crippen LogP contribution in [0.1, 0.15) is 40.5 Å². The Balaban J connectivity index is 2.33. The van der Waals surface area contributed by atoms with Crippen LogP contribution in [0.15, 0.2) is 58.7 Å². The van der Waals surface area contributed by atoms with E-state index in [1.165, 1.54) is 26.0 Å². The molecule has 0 amide bonds. The number of aliphatic hydroxyl groups excluding tert-OH is 2. The second kappa shape index (κ2) is 13.7. The molecule has 4 unspecified atom stereocenters. The van der Waals surface area contributed by atoms with Crippen LogP contribution in [0.4, 0.5) is 0 Å². The number of aliphatic hydroxyl groups is 2. The van der Waals surface area contributed by atoms with Crippen LogP contribution in [-0.4, -0.2) is 72.2 Å². The minimum absolute atomic E-state index is 0.0968. The Labute approximate surface area is 215 Å². The van der Waals surface area contributed by atoms with Gasteiger partial charge in [0.2, 0.25) is 0 Å². The molecule has 0 aromatic rings. The fraction of sp³-hybridized carbons (Fsp3) is 0.481. The Morgan fingerprint density at radius 3 is 2.41 bits per heavy atom. The highest BCUT2D eigenvalue weighted by Gasteiger charge is 2.45. The Morgan fingerprint density at radius 1 is 1.11 bits per heavy atom. The molecule has 0 saturated carbocycles. The Morgan fingerprint density at radius 2 is 1.78 bits per heavy atom. The van der Waals surface area contributed by atoms with Crippen molar-refractivity contribution in [1.29, 1.82) is 0 Å². The third-order valence-corrected chi connectivity index (χ3v) is 6.05. The third kappa shape index (κ3) is 8.26. The maximum Gasteiger partial charge on any atom is 0.337 e. The average Bonchev–Trinajstić information content (AvgIpc) is 3.10. The number of hydrogen-bond acceptors (Lipinski definition) is 10. The first-order chi connectivity index (χ1) is 17.5. The summed E-state index contributed by atoms with van der Waals surface area (Å²) in [5, 5.41) is 18.3. The van der Waals surface area contributed by atoms with E-state index in [9.17, 15) is 24.3 Å². The zero-order chi connectivity index (χ0) is 27.7. The first kappa shape index (κ1) is 29.7. The maximum atomic E-state index is 13.1. The van der Waals surface area contributed by atoms with Gasteiger partial charge in [-0.25, -0.2) is 14.4 Å². The van der Waals surface area contributed by atoms with Crippen molar-refractivity contribution in [2.75, 3.05) is 19.8 Å². The summed E-state index contributed by atoms with van der Waals surface area (Å²) in [4.78, 5) is 49.2. The van der Waals surface area contributed by atoms with E-state index in [4.69, 9.17) is 24.1 Å². The second-order valence-electron chi connectivity index (χ2n) is 8.92. The van der Waals surface area contributed by atoms with Gasteiger partial charge in [0, 0.05) is 30.9 Å². The van der Waals surface area contributed by atoms with E-state index >= 15 is 0 Å². The van der Waals surface area contributed by atoms with Gasteiger partial charge < -0.3 is 29.2 Å². The van der Waals surface area contributed by atoms with E-state index in [-0.39, 0.29) is 29.7 Å². The quantitative estimate of drug-likeness (QED) is 0.212. The van der Waals surface area contributed by atoms with Gasteiger partial charge in [-0.15, -0.1) is 0 Å². The van der Waals surface area contributed by atoms with Crippen LogP contribution < -0.4 is 0 Å². The molecule has 4 atom stereocenters. The molecule has 0 aromatic heterocycles. The van der Waals surface area contributed by atoms with E-state index in [1.54, 1.807) is 13.0 Å². The lowest BCUT2D eigenvalue weighted by atomic mass is 9.85. The molecule has 0 radical (unpaired) electrons. The molecule has 2 N–H and O–H groups in total. The van der Waals surface area contributed by atoms with Gasteiger partial charge in [-0.1, -0.05) is 18.2 Å². The summed E-state index contributed by atoms with van der Waals surface area (Å²) in [6.45, 7) is 8.88. The number of fused-ring (bicyclic) bond motifs is 1. The molecule has 1 saturated heterocycles. The van der Waals surface area contributed by atoms with Crippen molar-refractivity contribution in [2.24, 2.45) is 5.92 Å². The predicted octanol–water partition coefficient (Wildman–Crippen LogP) is 2.01. The van der Waals surface area contributed by atoms with Crippen LogP contribution in [0.25, 0.3) is 0 Å². The number of carbonyl (C=O) groups excluding carboxylic acids is 4. The largest absolute Gasteiger partial charge is 0.458 e. The lowest BCUT2D eigenvalue weighted by Gasteiger charge is -2.28. The van der Waals surface area contributed by atoms with Crippen molar-refractivity contribution in [3.8, 4) is 0 Å². The van der Waals surface area contributed by atoms with Crippen LogP contribution >= 0.6 is 0 Å². The summed E-state index contributed by atoms with van der Waals surface area (Å²) in [5.74, 6) is -3.38. The third-order valence-electron chi connectivity index (χ3n) is 6.05. The van der Waals surface area contributed by atoms with E-state index in [0.29, 0.717) is 12.0 Å². The monoisotopic (exact) mass is 518 g/mol. The van der Waals surface area contributed by atoms with Gasteiger partial charge in [-0.3, -0.25) is 4.79 Å². The Bertz CT molecular complexity index is 1050. The average molecular weight is 519 g/mol. The highest BCUT2D eigenvalue weighted by atomic mass is 16.6. The summed E-state index contributed by atoms with van der Waals surface area (Å²) in [5.41, 5.74) is 1.68. The molecule has 202 valence electrons. The SMILES string of the molecule is C=C1C(=O)OC2C=C(C)C(OC(C)=O)CC=C(C)CC(OC(=O)C(=CCO)COC(=O)C(C)=CCO)C12. The minimum Gasteiger partial charge on any atom is -0.458 e. The van der Waals surface area contributed by atoms with Gasteiger partial charge >= 0.3 is 23.9 Å². The molecule has 0 bridgehead atoms. The second-order valence-corrected chi connectivity index (χ2v) is 8.92. The van der Waals surface area contributed by atoms with E-state index in [2.05, 4.69) is 6.58 Å². The summed E-state index contributed by atoms with van der Waals surface area (Å²) in [6.07, 6.45) is 4.36. The van der Waals surface area contributed by atoms with Crippen LogP contribution in [0.3, 0.4) is 0 Å². The molecule has 0 aromatic carbocycles. The fourth-order valence-corrected chi connectivity index (χ4v) is 4.03. The van der Waals surface area contributed by atoms with E-state index in [1.807, 2.05) is 13.0 Å². The molecule has 1 aliphatic heterocycles. The molecule has 10 heteroatoms. The number of carbonyl (C=O) groups is 4. The summed E-state index contributed by atoms with van der Waals surface area (Å²) in [7, 11) is 0. The Kier molecular flexibility index (Phi) is 11.0. The molecule has 1 fully saturated rings. The molecular weight excluding hydrogens is 484 g/mol. The minimum atomic E-state index is -0.865. The fourth-order valence-electron chi connectivity index (χ4n) is 4.03. The molecule has 1 aliphatic carbocycles. The highest BCUT2D eigenvalue weighted by molar-refractivity contribution is 5.93. The van der Waals surface area contributed by atoms with Crippen LogP contribution in [-0.2, 0) is 38.1 Å². The highest BCUT2D eigenvalue weighted by Crippen LogP contribution is 2.36. The summed E-state index contributed by atoms with van der Waals surface area (Å²) < 4.78 is 21.8. The molecule has 37 heavy (non-hydrogen) atoms. The van der Waals surface area contributed by atoms with Crippen molar-refractivity contribution in [3.05, 3.63) is 58.7 Å². The van der Waals surface area contributed by atoms with Gasteiger partial charge in [0.15, 0.2) is 0 Å². The number of esters is 4.